The van der Waals surface area contributed by atoms with Gasteiger partial charge in [0, 0.05) is 39.3 Å². The molecule has 2 aliphatic rings. The number of carbonyl (C=O) groups excluding carboxylic acids is 3. The molecular formula is C16H18N6O3. The summed E-state index contributed by atoms with van der Waals surface area (Å²) in [5.41, 5.74) is 1.16. The van der Waals surface area contributed by atoms with Crippen LogP contribution in [0, 0.1) is 5.92 Å². The van der Waals surface area contributed by atoms with Gasteiger partial charge in [0.25, 0.3) is 5.91 Å². The fraction of sp³-hybridized carbons (Fsp3) is 0.438. The lowest BCUT2D eigenvalue weighted by Crippen LogP contribution is -2.61. The van der Waals surface area contributed by atoms with E-state index in [-0.39, 0.29) is 36.1 Å². The van der Waals surface area contributed by atoms with Gasteiger partial charge in [-0.15, -0.1) is 0 Å². The van der Waals surface area contributed by atoms with Crippen molar-refractivity contribution in [1.82, 2.24) is 29.9 Å². The topological polar surface area (TPSA) is 99.9 Å². The van der Waals surface area contributed by atoms with Crippen molar-refractivity contribution in [2.24, 2.45) is 5.92 Å². The molecule has 4 heterocycles. The van der Waals surface area contributed by atoms with Crippen molar-refractivity contribution in [1.29, 1.82) is 0 Å². The Labute approximate surface area is 143 Å². The summed E-state index contributed by atoms with van der Waals surface area (Å²) >= 11 is 0. The second kappa shape index (κ2) is 5.83. The molecule has 1 unspecified atom stereocenters. The Bertz CT molecular complexity index is 856. The monoisotopic (exact) mass is 342 g/mol. The van der Waals surface area contributed by atoms with Crippen molar-refractivity contribution in [3.05, 3.63) is 30.1 Å². The lowest BCUT2D eigenvalue weighted by molar-refractivity contribution is -0.132. The van der Waals surface area contributed by atoms with Crippen LogP contribution < -0.4 is 5.32 Å². The van der Waals surface area contributed by atoms with E-state index in [2.05, 4.69) is 15.5 Å². The van der Waals surface area contributed by atoms with Gasteiger partial charge in [0.1, 0.15) is 5.52 Å². The van der Waals surface area contributed by atoms with Gasteiger partial charge in [-0.1, -0.05) is 0 Å². The van der Waals surface area contributed by atoms with Gasteiger partial charge in [-0.25, -0.2) is 0 Å². The first-order valence-electron chi connectivity index (χ1n) is 8.18. The molecule has 0 aromatic carbocycles. The fourth-order valence-electron chi connectivity index (χ4n) is 3.45. The minimum absolute atomic E-state index is 0.0222. The molecule has 2 aromatic rings. The summed E-state index contributed by atoms with van der Waals surface area (Å²) in [6.07, 6.45) is 3.36. The fourth-order valence-corrected chi connectivity index (χ4v) is 3.45. The molecule has 9 nitrogen and oxygen atoms in total. The average Bonchev–Trinajstić information content (AvgIpc) is 3.17. The highest BCUT2D eigenvalue weighted by Crippen LogP contribution is 2.26. The van der Waals surface area contributed by atoms with Crippen LogP contribution in [0.5, 0.6) is 0 Å². The summed E-state index contributed by atoms with van der Waals surface area (Å²) in [6, 6.07) is 3.53. The van der Waals surface area contributed by atoms with Crippen molar-refractivity contribution in [2.45, 2.75) is 12.5 Å². The Balaban J connectivity index is 1.41. The van der Waals surface area contributed by atoms with Crippen LogP contribution in [0.15, 0.2) is 24.5 Å². The molecule has 3 amide bonds. The van der Waals surface area contributed by atoms with E-state index in [9.17, 15) is 14.4 Å². The quantitative estimate of drug-likeness (QED) is 0.783. The average molecular weight is 342 g/mol. The largest absolute Gasteiger partial charge is 0.359 e. The predicted molar refractivity (Wildman–Crippen MR) is 86.6 cm³/mol. The molecule has 0 spiro atoms. The maximum absolute atomic E-state index is 12.6. The van der Waals surface area contributed by atoms with E-state index in [1.165, 1.54) is 10.8 Å². The van der Waals surface area contributed by atoms with Gasteiger partial charge in [-0.2, -0.15) is 14.8 Å². The smallest absolute Gasteiger partial charge is 0.257 e. The number of nitrogens with one attached hydrogen (secondary N) is 1. The van der Waals surface area contributed by atoms with Crippen LogP contribution in [0.2, 0.25) is 0 Å². The number of likely N-dealkylation sites (tertiary alicyclic amines) is 2. The second-order valence-corrected chi connectivity index (χ2v) is 6.38. The standard InChI is InChI=1S/C16H18N6O3/c1-17-15(24)10-5-14(23)21(7-10)11-8-20(9-11)16(25)12-6-19-22-13(12)3-2-4-18-22/h2-4,6,10-11H,5,7-9H2,1H3,(H,17,24). The maximum Gasteiger partial charge on any atom is 0.257 e. The van der Waals surface area contributed by atoms with E-state index in [0.29, 0.717) is 30.7 Å². The molecule has 2 saturated heterocycles. The molecule has 1 atom stereocenters. The molecule has 130 valence electrons. The Morgan fingerprint density at radius 1 is 1.24 bits per heavy atom. The van der Waals surface area contributed by atoms with Crippen LogP contribution >= 0.6 is 0 Å². The third-order valence-electron chi connectivity index (χ3n) is 4.90. The third kappa shape index (κ3) is 2.51. The van der Waals surface area contributed by atoms with E-state index < -0.39 is 0 Å². The van der Waals surface area contributed by atoms with Crippen LogP contribution in [-0.4, -0.2) is 75.1 Å². The van der Waals surface area contributed by atoms with Crippen molar-refractivity contribution in [3.8, 4) is 0 Å². The number of nitrogens with zero attached hydrogens (tertiary/aromatic N) is 5. The first kappa shape index (κ1) is 15.6. The number of amides is 3. The van der Waals surface area contributed by atoms with Gasteiger partial charge in [-0.3, -0.25) is 14.4 Å². The van der Waals surface area contributed by atoms with Crippen molar-refractivity contribution in [2.75, 3.05) is 26.7 Å². The number of hydrogen-bond donors (Lipinski definition) is 1. The van der Waals surface area contributed by atoms with E-state index >= 15 is 0 Å². The van der Waals surface area contributed by atoms with Gasteiger partial charge in [0.05, 0.1) is 23.7 Å². The number of hydrogen-bond acceptors (Lipinski definition) is 5. The Morgan fingerprint density at radius 3 is 2.80 bits per heavy atom. The summed E-state index contributed by atoms with van der Waals surface area (Å²) < 4.78 is 1.42. The zero-order valence-electron chi connectivity index (χ0n) is 13.8. The highest BCUT2D eigenvalue weighted by atomic mass is 16.2. The Kier molecular flexibility index (Phi) is 3.63. The SMILES string of the molecule is CNC(=O)C1CC(=O)N(C2CN(C(=O)c3cnn4ncccc34)C2)C1. The van der Waals surface area contributed by atoms with Gasteiger partial charge in [0.2, 0.25) is 11.8 Å². The molecule has 0 radical (unpaired) electrons. The van der Waals surface area contributed by atoms with Crippen LogP contribution in [0.3, 0.4) is 0 Å². The Morgan fingerprint density at radius 2 is 2.04 bits per heavy atom. The first-order chi connectivity index (χ1) is 12.1. The second-order valence-electron chi connectivity index (χ2n) is 6.38. The summed E-state index contributed by atoms with van der Waals surface area (Å²) in [4.78, 5) is 39.9. The van der Waals surface area contributed by atoms with E-state index in [1.54, 1.807) is 35.2 Å². The number of aromatic nitrogens is 3. The van der Waals surface area contributed by atoms with E-state index in [0.717, 1.165) is 0 Å². The molecule has 2 fully saturated rings. The molecule has 9 heteroatoms. The van der Waals surface area contributed by atoms with Crippen LogP contribution in [0.1, 0.15) is 16.8 Å². The molecule has 0 aliphatic carbocycles. The predicted octanol–water partition coefficient (Wildman–Crippen LogP) is -0.852. The number of carbonyl (C=O) groups is 3. The first-order valence-corrected chi connectivity index (χ1v) is 8.18. The minimum atomic E-state index is -0.298. The summed E-state index contributed by atoms with van der Waals surface area (Å²) in [5, 5.41) is 10.7. The van der Waals surface area contributed by atoms with Crippen molar-refractivity contribution in [3.63, 3.8) is 0 Å². The molecular weight excluding hydrogens is 324 g/mol. The van der Waals surface area contributed by atoms with Crippen molar-refractivity contribution >= 4 is 23.2 Å². The maximum atomic E-state index is 12.6. The molecule has 1 N–H and O–H groups in total. The van der Waals surface area contributed by atoms with Gasteiger partial charge in [-0.05, 0) is 12.1 Å². The lowest BCUT2D eigenvalue weighted by Gasteiger charge is -2.43. The molecule has 0 saturated carbocycles. The molecule has 25 heavy (non-hydrogen) atoms. The zero-order valence-corrected chi connectivity index (χ0v) is 13.8. The normalized spacial score (nSPS) is 20.8. The number of fused-ring (bicyclic) bond motifs is 1. The summed E-state index contributed by atoms with van der Waals surface area (Å²) in [7, 11) is 1.57. The van der Waals surface area contributed by atoms with E-state index in [1.807, 2.05) is 0 Å². The minimum Gasteiger partial charge on any atom is -0.359 e. The lowest BCUT2D eigenvalue weighted by atomic mass is 10.1. The van der Waals surface area contributed by atoms with Gasteiger partial charge >= 0.3 is 0 Å². The highest BCUT2D eigenvalue weighted by molar-refractivity contribution is 6.01. The zero-order chi connectivity index (χ0) is 17.6. The molecule has 2 aromatic heterocycles. The summed E-state index contributed by atoms with van der Waals surface area (Å²) in [5.74, 6) is -0.547. The molecule has 2 aliphatic heterocycles. The van der Waals surface area contributed by atoms with Crippen LogP contribution in [0.4, 0.5) is 0 Å². The van der Waals surface area contributed by atoms with Crippen LogP contribution in [0.25, 0.3) is 5.52 Å². The summed E-state index contributed by atoms with van der Waals surface area (Å²) in [6.45, 7) is 1.37. The number of rotatable bonds is 3. The highest BCUT2D eigenvalue weighted by Gasteiger charge is 2.43. The Hall–Kier alpha value is -2.97. The van der Waals surface area contributed by atoms with Gasteiger partial charge in [0.15, 0.2) is 0 Å². The van der Waals surface area contributed by atoms with Crippen molar-refractivity contribution < 1.29 is 14.4 Å². The molecule has 0 bridgehead atoms. The van der Waals surface area contributed by atoms with E-state index in [4.69, 9.17) is 0 Å². The molecule has 4 rings (SSSR count). The third-order valence-corrected chi connectivity index (χ3v) is 4.90. The van der Waals surface area contributed by atoms with Gasteiger partial charge < -0.3 is 15.1 Å². The van der Waals surface area contributed by atoms with Crippen LogP contribution in [-0.2, 0) is 9.59 Å².